The number of furan rings is 1. The average Bonchev–Trinajstić information content (AvgIpc) is 2.97. The number of rotatable bonds is 5. The van der Waals surface area contributed by atoms with Gasteiger partial charge in [-0.2, -0.15) is 0 Å². The predicted octanol–water partition coefficient (Wildman–Crippen LogP) is 3.16. The number of ether oxygens (including phenoxy) is 1. The molecule has 0 atom stereocenters. The van der Waals surface area contributed by atoms with Crippen molar-refractivity contribution in [2.45, 2.75) is 65.3 Å². The monoisotopic (exact) mass is 237 g/mol. The van der Waals surface area contributed by atoms with Gasteiger partial charge >= 0.3 is 0 Å². The molecule has 0 radical (unpaired) electrons. The molecule has 1 N–H and O–H groups in total. The lowest BCUT2D eigenvalue weighted by Crippen LogP contribution is -2.18. The van der Waals surface area contributed by atoms with Crippen LogP contribution in [-0.2, 0) is 17.9 Å². The summed E-state index contributed by atoms with van der Waals surface area (Å²) in [6.07, 6.45) is 2.63. The first-order valence-electron chi connectivity index (χ1n) is 6.39. The molecular weight excluding hydrogens is 214 g/mol. The molecule has 17 heavy (non-hydrogen) atoms. The van der Waals surface area contributed by atoms with Gasteiger partial charge < -0.3 is 14.5 Å². The fraction of sp³-hybridized carbons (Fsp3) is 0.714. The second kappa shape index (κ2) is 4.83. The minimum Gasteiger partial charge on any atom is -0.464 e. The van der Waals surface area contributed by atoms with Crippen molar-refractivity contribution in [2.75, 3.05) is 0 Å². The van der Waals surface area contributed by atoms with E-state index in [1.165, 1.54) is 18.4 Å². The largest absolute Gasteiger partial charge is 0.464 e. The van der Waals surface area contributed by atoms with E-state index in [0.29, 0.717) is 6.61 Å². The van der Waals surface area contributed by atoms with Gasteiger partial charge in [0.25, 0.3) is 0 Å². The molecule has 1 saturated carbocycles. The van der Waals surface area contributed by atoms with Crippen molar-refractivity contribution in [1.29, 1.82) is 0 Å². The quantitative estimate of drug-likeness (QED) is 0.854. The van der Waals surface area contributed by atoms with Gasteiger partial charge in [-0.1, -0.05) is 0 Å². The Bertz CT molecular complexity index is 372. The van der Waals surface area contributed by atoms with Gasteiger partial charge in [0, 0.05) is 18.2 Å². The van der Waals surface area contributed by atoms with Crippen LogP contribution in [-0.4, -0.2) is 11.6 Å². The number of hydrogen-bond donors (Lipinski definition) is 1. The Labute approximate surface area is 104 Å². The summed E-state index contributed by atoms with van der Waals surface area (Å²) in [6.45, 7) is 9.64. The molecule has 1 aliphatic rings. The average molecular weight is 237 g/mol. The maximum atomic E-state index is 5.71. The van der Waals surface area contributed by atoms with E-state index in [9.17, 15) is 0 Å². The third-order valence-corrected chi connectivity index (χ3v) is 2.88. The van der Waals surface area contributed by atoms with Crippen LogP contribution in [0.15, 0.2) is 10.5 Å². The zero-order valence-electron chi connectivity index (χ0n) is 11.3. The van der Waals surface area contributed by atoms with Crippen molar-refractivity contribution in [2.24, 2.45) is 0 Å². The molecule has 0 aliphatic heterocycles. The Kier molecular flexibility index (Phi) is 3.59. The van der Waals surface area contributed by atoms with Gasteiger partial charge in [-0.05, 0) is 46.6 Å². The third-order valence-electron chi connectivity index (χ3n) is 2.88. The molecule has 0 aromatic carbocycles. The Balaban J connectivity index is 1.87. The third kappa shape index (κ3) is 4.17. The van der Waals surface area contributed by atoms with Gasteiger partial charge in [0.15, 0.2) is 0 Å². The molecule has 1 fully saturated rings. The topological polar surface area (TPSA) is 34.4 Å². The maximum Gasteiger partial charge on any atom is 0.130 e. The van der Waals surface area contributed by atoms with E-state index in [1.54, 1.807) is 0 Å². The second-order valence-electron chi connectivity index (χ2n) is 5.85. The molecule has 1 aromatic heterocycles. The highest BCUT2D eigenvalue weighted by atomic mass is 16.5. The lowest BCUT2D eigenvalue weighted by molar-refractivity contribution is -0.0226. The highest BCUT2D eigenvalue weighted by Crippen LogP contribution is 2.22. The first-order valence-corrected chi connectivity index (χ1v) is 6.39. The van der Waals surface area contributed by atoms with E-state index < -0.39 is 0 Å². The normalized spacial score (nSPS) is 16.5. The molecule has 1 heterocycles. The molecule has 0 saturated heterocycles. The minimum absolute atomic E-state index is 0.118. The molecule has 2 rings (SSSR count). The molecule has 3 nitrogen and oxygen atoms in total. The van der Waals surface area contributed by atoms with Crippen molar-refractivity contribution < 1.29 is 9.15 Å². The summed E-state index contributed by atoms with van der Waals surface area (Å²) in [4.78, 5) is 0. The lowest BCUT2D eigenvalue weighted by atomic mass is 10.2. The number of nitrogens with one attached hydrogen (secondary N) is 1. The highest BCUT2D eigenvalue weighted by Gasteiger charge is 2.21. The van der Waals surface area contributed by atoms with E-state index in [0.717, 1.165) is 24.1 Å². The standard InChI is InChI=1S/C14H23NO2/c1-10-11(8-15-12-5-6-12)7-13(17-10)9-16-14(2,3)4/h7,12,15H,5-6,8-9H2,1-4H3. The lowest BCUT2D eigenvalue weighted by Gasteiger charge is -2.18. The van der Waals surface area contributed by atoms with Crippen molar-refractivity contribution >= 4 is 0 Å². The first kappa shape index (κ1) is 12.7. The zero-order valence-corrected chi connectivity index (χ0v) is 11.3. The van der Waals surface area contributed by atoms with Gasteiger partial charge in [-0.25, -0.2) is 0 Å². The zero-order chi connectivity index (χ0) is 12.5. The summed E-state index contributed by atoms with van der Waals surface area (Å²) in [5.74, 6) is 1.93. The van der Waals surface area contributed by atoms with Crippen molar-refractivity contribution in [3.63, 3.8) is 0 Å². The van der Waals surface area contributed by atoms with E-state index in [4.69, 9.17) is 9.15 Å². The molecule has 1 aliphatic carbocycles. The molecule has 0 bridgehead atoms. The van der Waals surface area contributed by atoms with Gasteiger partial charge in [-0.3, -0.25) is 0 Å². The van der Waals surface area contributed by atoms with Crippen LogP contribution in [0.25, 0.3) is 0 Å². The predicted molar refractivity (Wildman–Crippen MR) is 67.8 cm³/mol. The van der Waals surface area contributed by atoms with Crippen molar-refractivity contribution in [3.05, 3.63) is 23.2 Å². The molecular formula is C14H23NO2. The van der Waals surface area contributed by atoms with Crippen LogP contribution in [0.2, 0.25) is 0 Å². The summed E-state index contributed by atoms with van der Waals surface area (Å²) in [5.41, 5.74) is 1.14. The highest BCUT2D eigenvalue weighted by molar-refractivity contribution is 5.20. The molecule has 0 unspecified atom stereocenters. The van der Waals surface area contributed by atoms with Crippen LogP contribution in [0, 0.1) is 6.92 Å². The second-order valence-corrected chi connectivity index (χ2v) is 5.85. The first-order chi connectivity index (χ1) is 7.94. The van der Waals surface area contributed by atoms with Crippen LogP contribution < -0.4 is 5.32 Å². The Morgan fingerprint density at radius 2 is 2.12 bits per heavy atom. The number of hydrogen-bond acceptors (Lipinski definition) is 3. The van der Waals surface area contributed by atoms with E-state index in [-0.39, 0.29) is 5.60 Å². The van der Waals surface area contributed by atoms with Crippen LogP contribution >= 0.6 is 0 Å². The molecule has 0 amide bonds. The van der Waals surface area contributed by atoms with Gasteiger partial charge in [0.1, 0.15) is 18.1 Å². The molecule has 96 valence electrons. The smallest absolute Gasteiger partial charge is 0.130 e. The van der Waals surface area contributed by atoms with Crippen molar-refractivity contribution in [3.8, 4) is 0 Å². The summed E-state index contributed by atoms with van der Waals surface area (Å²) < 4.78 is 11.4. The van der Waals surface area contributed by atoms with E-state index in [2.05, 4.69) is 32.2 Å². The van der Waals surface area contributed by atoms with Crippen LogP contribution in [0.5, 0.6) is 0 Å². The van der Waals surface area contributed by atoms with Gasteiger partial charge in [0.2, 0.25) is 0 Å². The Morgan fingerprint density at radius 1 is 1.41 bits per heavy atom. The van der Waals surface area contributed by atoms with E-state index >= 15 is 0 Å². The summed E-state index contributed by atoms with van der Waals surface area (Å²) in [6, 6.07) is 2.84. The SMILES string of the molecule is Cc1oc(COC(C)(C)C)cc1CNC1CC1. The van der Waals surface area contributed by atoms with Gasteiger partial charge in [0.05, 0.1) is 5.60 Å². The Morgan fingerprint density at radius 3 is 2.71 bits per heavy atom. The summed E-state index contributed by atoms with van der Waals surface area (Å²) in [7, 11) is 0. The minimum atomic E-state index is -0.118. The molecule has 3 heteroatoms. The molecule has 0 spiro atoms. The van der Waals surface area contributed by atoms with Crippen LogP contribution in [0.4, 0.5) is 0 Å². The van der Waals surface area contributed by atoms with Crippen LogP contribution in [0.3, 0.4) is 0 Å². The summed E-state index contributed by atoms with van der Waals surface area (Å²) >= 11 is 0. The fourth-order valence-electron chi connectivity index (χ4n) is 1.66. The van der Waals surface area contributed by atoms with Crippen LogP contribution in [0.1, 0.15) is 50.7 Å². The maximum absolute atomic E-state index is 5.71. The fourth-order valence-corrected chi connectivity index (χ4v) is 1.66. The van der Waals surface area contributed by atoms with Gasteiger partial charge in [-0.15, -0.1) is 0 Å². The Hall–Kier alpha value is -0.800. The number of aryl methyl sites for hydroxylation is 1. The van der Waals surface area contributed by atoms with E-state index in [1.807, 2.05) is 6.92 Å². The summed E-state index contributed by atoms with van der Waals surface area (Å²) in [5, 5.41) is 3.50. The van der Waals surface area contributed by atoms with Crippen molar-refractivity contribution in [1.82, 2.24) is 5.32 Å². The molecule has 1 aromatic rings.